The fourth-order valence-electron chi connectivity index (χ4n) is 2.95. The van der Waals surface area contributed by atoms with Crippen molar-refractivity contribution in [2.75, 3.05) is 4.90 Å². The summed E-state index contributed by atoms with van der Waals surface area (Å²) in [6.07, 6.45) is 1.41. The Kier molecular flexibility index (Phi) is 5.60. The Hall–Kier alpha value is -2.74. The first-order valence-corrected chi connectivity index (χ1v) is 10.4. The van der Waals surface area contributed by atoms with E-state index < -0.39 is 11.8 Å². The van der Waals surface area contributed by atoms with Gasteiger partial charge in [0.15, 0.2) is 5.11 Å². The quantitative estimate of drug-likeness (QED) is 0.292. The number of amides is 2. The Bertz CT molecular complexity index is 1220. The summed E-state index contributed by atoms with van der Waals surface area (Å²) in [7, 11) is 0. The van der Waals surface area contributed by atoms with Gasteiger partial charge < -0.3 is 4.42 Å². The van der Waals surface area contributed by atoms with Crippen LogP contribution < -0.4 is 10.2 Å². The molecule has 0 atom stereocenters. The van der Waals surface area contributed by atoms with E-state index in [1.165, 1.54) is 11.0 Å². The highest BCUT2D eigenvalue weighted by Gasteiger charge is 2.35. The third kappa shape index (κ3) is 3.96. The van der Waals surface area contributed by atoms with Crippen molar-refractivity contribution in [3.05, 3.63) is 81.0 Å². The number of hydrogen-bond donors (Lipinski definition) is 1. The Morgan fingerprint density at radius 2 is 1.83 bits per heavy atom. The average Bonchev–Trinajstić information content (AvgIpc) is 3.17. The summed E-state index contributed by atoms with van der Waals surface area (Å²) in [6, 6.07) is 16.2. The van der Waals surface area contributed by atoms with E-state index in [2.05, 4.69) is 21.2 Å². The van der Waals surface area contributed by atoms with Crippen LogP contribution in [0.1, 0.15) is 11.3 Å². The predicted octanol–water partition coefficient (Wildman–Crippen LogP) is 5.50. The van der Waals surface area contributed by atoms with Crippen LogP contribution in [0.15, 0.2) is 69.1 Å². The lowest BCUT2D eigenvalue weighted by atomic mass is 10.1. The van der Waals surface area contributed by atoms with Crippen LogP contribution in [-0.4, -0.2) is 16.9 Å². The van der Waals surface area contributed by atoms with Gasteiger partial charge in [0.05, 0.1) is 5.69 Å². The molecule has 30 heavy (non-hydrogen) atoms. The lowest BCUT2D eigenvalue weighted by molar-refractivity contribution is -0.122. The highest BCUT2D eigenvalue weighted by Crippen LogP contribution is 2.28. The molecule has 2 heterocycles. The minimum atomic E-state index is -0.582. The summed E-state index contributed by atoms with van der Waals surface area (Å²) in [5.41, 5.74) is 2.13. The number of carbonyl (C=O) groups is 2. The van der Waals surface area contributed by atoms with Crippen LogP contribution in [0.2, 0.25) is 5.02 Å². The second-order valence-corrected chi connectivity index (χ2v) is 8.31. The number of thiocarbonyl (C=S) groups is 1. The number of rotatable bonds is 3. The second kappa shape index (κ2) is 8.18. The van der Waals surface area contributed by atoms with Crippen LogP contribution in [0.25, 0.3) is 17.4 Å². The first-order valence-electron chi connectivity index (χ1n) is 8.87. The zero-order valence-corrected chi connectivity index (χ0v) is 18.8. The van der Waals surface area contributed by atoms with E-state index in [-0.39, 0.29) is 10.7 Å². The monoisotopic (exact) mass is 500 g/mol. The minimum absolute atomic E-state index is 0.00272. The summed E-state index contributed by atoms with van der Waals surface area (Å²) in [5.74, 6) is -0.136. The lowest BCUT2D eigenvalue weighted by Gasteiger charge is -2.29. The molecule has 1 aliphatic heterocycles. The third-order valence-corrected chi connectivity index (χ3v) is 5.78. The van der Waals surface area contributed by atoms with Gasteiger partial charge in [-0.2, -0.15) is 0 Å². The molecule has 0 bridgehead atoms. The summed E-state index contributed by atoms with van der Waals surface area (Å²) in [6.45, 7) is 1.86. The largest absolute Gasteiger partial charge is 0.457 e. The van der Waals surface area contributed by atoms with E-state index in [4.69, 9.17) is 28.2 Å². The van der Waals surface area contributed by atoms with Crippen molar-refractivity contribution in [1.29, 1.82) is 0 Å². The molecular weight excluding hydrogens is 488 g/mol. The van der Waals surface area contributed by atoms with E-state index in [0.29, 0.717) is 22.2 Å². The van der Waals surface area contributed by atoms with Crippen molar-refractivity contribution in [2.45, 2.75) is 6.92 Å². The number of anilines is 1. The van der Waals surface area contributed by atoms with E-state index >= 15 is 0 Å². The zero-order chi connectivity index (χ0) is 21.4. The molecule has 1 N–H and O–H groups in total. The van der Waals surface area contributed by atoms with Crippen LogP contribution in [0, 0.1) is 6.92 Å². The molecule has 1 aromatic heterocycles. The average molecular weight is 502 g/mol. The molecule has 2 amide bonds. The van der Waals surface area contributed by atoms with Crippen molar-refractivity contribution >= 4 is 68.4 Å². The number of nitrogens with zero attached hydrogens (tertiary/aromatic N) is 1. The predicted molar refractivity (Wildman–Crippen MR) is 124 cm³/mol. The van der Waals surface area contributed by atoms with Gasteiger partial charge in [-0.05, 0) is 67.2 Å². The maximum Gasteiger partial charge on any atom is 0.270 e. The first-order chi connectivity index (χ1) is 14.3. The Labute approximate surface area is 191 Å². The van der Waals surface area contributed by atoms with Gasteiger partial charge in [0.1, 0.15) is 17.1 Å². The fourth-order valence-corrected chi connectivity index (χ4v) is 3.67. The number of furan rings is 1. The molecule has 1 aliphatic rings. The van der Waals surface area contributed by atoms with Gasteiger partial charge in [0.2, 0.25) is 0 Å². The second-order valence-electron chi connectivity index (χ2n) is 6.60. The van der Waals surface area contributed by atoms with E-state index in [0.717, 1.165) is 15.6 Å². The Balaban J connectivity index is 1.67. The Morgan fingerprint density at radius 3 is 2.53 bits per heavy atom. The van der Waals surface area contributed by atoms with Gasteiger partial charge in [0.25, 0.3) is 11.8 Å². The number of aryl methyl sites for hydroxylation is 1. The molecule has 1 saturated heterocycles. The molecule has 0 spiro atoms. The molecule has 0 aliphatic carbocycles. The smallest absolute Gasteiger partial charge is 0.270 e. The van der Waals surface area contributed by atoms with E-state index in [1.807, 2.05) is 31.2 Å². The van der Waals surface area contributed by atoms with Crippen molar-refractivity contribution in [2.24, 2.45) is 0 Å². The van der Waals surface area contributed by atoms with E-state index in [9.17, 15) is 9.59 Å². The molecule has 150 valence electrons. The molecular formula is C22H14BrClN2O3S. The normalized spacial score (nSPS) is 15.6. The van der Waals surface area contributed by atoms with Gasteiger partial charge >= 0.3 is 0 Å². The molecule has 1 fully saturated rings. The topological polar surface area (TPSA) is 62.6 Å². The van der Waals surface area contributed by atoms with Gasteiger partial charge in [-0.15, -0.1) is 0 Å². The minimum Gasteiger partial charge on any atom is -0.457 e. The lowest BCUT2D eigenvalue weighted by Crippen LogP contribution is -2.54. The fraction of sp³-hybridized carbons (Fsp3) is 0.0455. The third-order valence-electron chi connectivity index (χ3n) is 4.56. The molecule has 0 unspecified atom stereocenters. The van der Waals surface area contributed by atoms with Gasteiger partial charge in [-0.1, -0.05) is 45.7 Å². The summed E-state index contributed by atoms with van der Waals surface area (Å²) in [5, 5.41) is 3.04. The SMILES string of the molecule is Cc1ccc(N2C(=O)/C(=C\c3ccc(-c4ccc(Br)cc4)o3)C(=O)NC2=S)cc1Cl. The first kappa shape index (κ1) is 20.5. The van der Waals surface area contributed by atoms with Crippen LogP contribution in [0.3, 0.4) is 0 Å². The van der Waals surface area contributed by atoms with E-state index in [1.54, 1.807) is 30.3 Å². The van der Waals surface area contributed by atoms with Gasteiger partial charge in [-0.3, -0.25) is 19.8 Å². The zero-order valence-electron chi connectivity index (χ0n) is 15.6. The van der Waals surface area contributed by atoms with Crippen molar-refractivity contribution in [3.8, 4) is 11.3 Å². The molecule has 8 heteroatoms. The van der Waals surface area contributed by atoms with Gasteiger partial charge in [0, 0.05) is 15.1 Å². The molecule has 0 saturated carbocycles. The molecule has 2 aromatic carbocycles. The maximum atomic E-state index is 13.1. The number of halogens is 2. The number of hydrogen-bond acceptors (Lipinski definition) is 4. The Morgan fingerprint density at radius 1 is 1.10 bits per heavy atom. The molecule has 0 radical (unpaired) electrons. The standard InChI is InChI=1S/C22H14BrClN2O3S/c1-12-2-7-15(10-18(12)24)26-21(28)17(20(27)25-22(26)30)11-16-8-9-19(29-16)13-3-5-14(23)6-4-13/h2-11H,1H3,(H,25,27,30)/b17-11-. The van der Waals surface area contributed by atoms with Crippen LogP contribution in [-0.2, 0) is 9.59 Å². The molecule has 4 rings (SSSR count). The highest BCUT2D eigenvalue weighted by molar-refractivity contribution is 9.10. The highest BCUT2D eigenvalue weighted by atomic mass is 79.9. The molecule has 5 nitrogen and oxygen atoms in total. The number of nitrogens with one attached hydrogen (secondary N) is 1. The molecule has 3 aromatic rings. The summed E-state index contributed by atoms with van der Waals surface area (Å²) in [4.78, 5) is 26.8. The van der Waals surface area contributed by atoms with Crippen molar-refractivity contribution < 1.29 is 14.0 Å². The van der Waals surface area contributed by atoms with Crippen molar-refractivity contribution in [3.63, 3.8) is 0 Å². The van der Waals surface area contributed by atoms with Crippen LogP contribution >= 0.6 is 39.7 Å². The number of carbonyl (C=O) groups excluding carboxylic acids is 2. The van der Waals surface area contributed by atoms with Crippen molar-refractivity contribution in [1.82, 2.24) is 5.32 Å². The summed E-state index contributed by atoms with van der Waals surface area (Å²) < 4.78 is 6.77. The van der Waals surface area contributed by atoms with Crippen LogP contribution in [0.5, 0.6) is 0 Å². The maximum absolute atomic E-state index is 13.1. The van der Waals surface area contributed by atoms with Gasteiger partial charge in [-0.25, -0.2) is 0 Å². The number of benzene rings is 2. The van der Waals surface area contributed by atoms with Crippen LogP contribution in [0.4, 0.5) is 5.69 Å². The summed E-state index contributed by atoms with van der Waals surface area (Å²) >= 11 is 14.8.